The lowest BCUT2D eigenvalue weighted by atomic mass is 9.75. The molecule has 3 atom stereocenters. The zero-order valence-corrected chi connectivity index (χ0v) is 18.5. The number of nitrogens with one attached hydrogen (secondary N) is 2. The smallest absolute Gasteiger partial charge is 0.257 e. The van der Waals surface area contributed by atoms with Gasteiger partial charge in [0.05, 0.1) is 36.8 Å². The van der Waals surface area contributed by atoms with Gasteiger partial charge in [0, 0.05) is 19.5 Å². The Morgan fingerprint density at radius 3 is 2.47 bits per heavy atom. The number of ether oxygens (including phenoxy) is 1. The number of hydrogen-bond acceptors (Lipinski definition) is 8. The molecule has 1 saturated carbocycles. The second kappa shape index (κ2) is 8.07. The van der Waals surface area contributed by atoms with Crippen molar-refractivity contribution < 1.29 is 28.6 Å². The second-order valence-corrected chi connectivity index (χ2v) is 9.00. The van der Waals surface area contributed by atoms with E-state index < -0.39 is 23.7 Å². The van der Waals surface area contributed by atoms with Crippen LogP contribution in [0.4, 0.5) is 5.69 Å². The average molecular weight is 441 g/mol. The highest BCUT2D eigenvalue weighted by Gasteiger charge is 2.53. The first-order valence-corrected chi connectivity index (χ1v) is 10.4. The number of phenols is 1. The van der Waals surface area contributed by atoms with Crippen LogP contribution in [0.15, 0.2) is 34.9 Å². The highest BCUT2D eigenvalue weighted by Crippen LogP contribution is 2.42. The van der Waals surface area contributed by atoms with Crippen LogP contribution in [0, 0.1) is 12.3 Å². The molecule has 1 aromatic carbocycles. The van der Waals surface area contributed by atoms with Crippen LogP contribution in [-0.2, 0) is 14.3 Å². The molecule has 0 radical (unpaired) electrons. The van der Waals surface area contributed by atoms with Gasteiger partial charge in [0.25, 0.3) is 5.91 Å². The number of benzene rings is 1. The van der Waals surface area contributed by atoms with E-state index in [1.807, 2.05) is 19.9 Å². The molecule has 3 N–H and O–H groups in total. The maximum Gasteiger partial charge on any atom is 0.257 e. The average Bonchev–Trinajstić information content (AvgIpc) is 3.17. The SMILES string of the molecule is Cc1coc(C(NC2C(=O)C(=O)C2Nc2cccc(C(=O)N(C)C)c2O)C2(C)COC2)c1. The second-order valence-electron chi connectivity index (χ2n) is 9.00. The first kappa shape index (κ1) is 22.0. The summed E-state index contributed by atoms with van der Waals surface area (Å²) in [6, 6.07) is 4.52. The molecule has 2 heterocycles. The van der Waals surface area contributed by atoms with Crippen molar-refractivity contribution in [3.63, 3.8) is 0 Å². The van der Waals surface area contributed by atoms with Crippen LogP contribution in [0.25, 0.3) is 0 Å². The number of Topliss-reactive ketones (excluding diaryl/α,β-unsaturated/α-hetero) is 2. The van der Waals surface area contributed by atoms with Crippen molar-refractivity contribution in [1.82, 2.24) is 10.2 Å². The molecule has 2 aliphatic rings. The number of furan rings is 1. The Bertz CT molecular complexity index is 1070. The van der Waals surface area contributed by atoms with Crippen molar-refractivity contribution in [2.75, 3.05) is 32.6 Å². The number of para-hydroxylation sites is 1. The molecule has 2 aromatic rings. The van der Waals surface area contributed by atoms with Gasteiger partial charge >= 0.3 is 0 Å². The fraction of sp³-hybridized carbons (Fsp3) is 0.435. The number of rotatable bonds is 7. The van der Waals surface area contributed by atoms with Crippen LogP contribution < -0.4 is 10.6 Å². The van der Waals surface area contributed by atoms with Crippen molar-refractivity contribution in [1.29, 1.82) is 0 Å². The Kier molecular flexibility index (Phi) is 5.56. The number of carbonyl (C=O) groups is 3. The summed E-state index contributed by atoms with van der Waals surface area (Å²) in [5, 5.41) is 16.8. The van der Waals surface area contributed by atoms with Gasteiger partial charge in [-0.1, -0.05) is 13.0 Å². The lowest BCUT2D eigenvalue weighted by Crippen LogP contribution is -2.69. The van der Waals surface area contributed by atoms with Crippen molar-refractivity contribution in [3.05, 3.63) is 47.4 Å². The highest BCUT2D eigenvalue weighted by molar-refractivity contribution is 6.49. The molecular formula is C23H27N3O6. The Labute approximate surface area is 185 Å². The summed E-state index contributed by atoms with van der Waals surface area (Å²) in [5.41, 5.74) is 0.965. The van der Waals surface area contributed by atoms with Gasteiger partial charge in [0.15, 0.2) is 5.75 Å². The molecule has 1 aliphatic carbocycles. The van der Waals surface area contributed by atoms with E-state index in [0.717, 1.165) is 5.56 Å². The molecule has 170 valence electrons. The third-order valence-corrected chi connectivity index (χ3v) is 6.07. The van der Waals surface area contributed by atoms with E-state index in [4.69, 9.17) is 9.15 Å². The van der Waals surface area contributed by atoms with E-state index >= 15 is 0 Å². The Balaban J connectivity index is 1.58. The third-order valence-electron chi connectivity index (χ3n) is 6.07. The number of amides is 1. The molecule has 9 heteroatoms. The molecule has 2 fully saturated rings. The summed E-state index contributed by atoms with van der Waals surface area (Å²) < 4.78 is 11.1. The fourth-order valence-electron chi connectivity index (χ4n) is 4.08. The first-order chi connectivity index (χ1) is 15.1. The van der Waals surface area contributed by atoms with Crippen LogP contribution in [0.5, 0.6) is 5.75 Å². The van der Waals surface area contributed by atoms with Gasteiger partial charge in [-0.15, -0.1) is 0 Å². The number of anilines is 1. The molecule has 0 bridgehead atoms. The third kappa shape index (κ3) is 3.67. The van der Waals surface area contributed by atoms with Gasteiger partial charge in [-0.2, -0.15) is 0 Å². The zero-order valence-electron chi connectivity index (χ0n) is 18.5. The van der Waals surface area contributed by atoms with Gasteiger partial charge in [0.2, 0.25) is 11.6 Å². The Morgan fingerprint density at radius 2 is 1.91 bits per heavy atom. The predicted octanol–water partition coefficient (Wildman–Crippen LogP) is 1.66. The molecule has 32 heavy (non-hydrogen) atoms. The van der Waals surface area contributed by atoms with Crippen LogP contribution in [0.2, 0.25) is 0 Å². The minimum Gasteiger partial charge on any atom is -0.505 e. The fourth-order valence-corrected chi connectivity index (χ4v) is 4.08. The monoisotopic (exact) mass is 441 g/mol. The summed E-state index contributed by atoms with van der Waals surface area (Å²) in [6.45, 7) is 4.93. The van der Waals surface area contributed by atoms with Crippen LogP contribution in [0.1, 0.15) is 34.6 Å². The van der Waals surface area contributed by atoms with Gasteiger partial charge in [-0.05, 0) is 30.7 Å². The number of ketones is 2. The Morgan fingerprint density at radius 1 is 1.22 bits per heavy atom. The van der Waals surface area contributed by atoms with Gasteiger partial charge in [0.1, 0.15) is 17.8 Å². The molecule has 1 amide bonds. The van der Waals surface area contributed by atoms with E-state index in [1.54, 1.807) is 32.5 Å². The molecule has 9 nitrogen and oxygen atoms in total. The number of aryl methyl sites for hydroxylation is 1. The summed E-state index contributed by atoms with van der Waals surface area (Å²) >= 11 is 0. The minimum absolute atomic E-state index is 0.102. The normalized spacial score (nSPS) is 22.6. The van der Waals surface area contributed by atoms with Crippen molar-refractivity contribution in [2.24, 2.45) is 5.41 Å². The molecule has 1 saturated heterocycles. The topological polar surface area (TPSA) is 121 Å². The van der Waals surface area contributed by atoms with E-state index in [0.29, 0.717) is 19.0 Å². The van der Waals surface area contributed by atoms with Crippen molar-refractivity contribution >= 4 is 23.2 Å². The van der Waals surface area contributed by atoms with Crippen molar-refractivity contribution in [2.45, 2.75) is 32.0 Å². The predicted molar refractivity (Wildman–Crippen MR) is 116 cm³/mol. The van der Waals surface area contributed by atoms with E-state index in [2.05, 4.69) is 10.6 Å². The zero-order chi connectivity index (χ0) is 23.2. The first-order valence-electron chi connectivity index (χ1n) is 10.4. The molecule has 3 unspecified atom stereocenters. The maximum atomic E-state index is 12.5. The largest absolute Gasteiger partial charge is 0.505 e. The Hall–Kier alpha value is -3.17. The number of carbonyl (C=O) groups excluding carboxylic acids is 3. The molecule has 4 rings (SSSR count). The summed E-state index contributed by atoms with van der Waals surface area (Å²) in [7, 11) is 3.16. The van der Waals surface area contributed by atoms with E-state index in [1.165, 1.54) is 11.0 Å². The van der Waals surface area contributed by atoms with E-state index in [9.17, 15) is 19.5 Å². The van der Waals surface area contributed by atoms with Gasteiger partial charge in [-0.25, -0.2) is 0 Å². The molecule has 1 aliphatic heterocycles. The summed E-state index contributed by atoms with van der Waals surface area (Å²) in [5.74, 6) is -1.10. The molecular weight excluding hydrogens is 414 g/mol. The number of phenolic OH excluding ortho intramolecular Hbond substituents is 1. The summed E-state index contributed by atoms with van der Waals surface area (Å²) in [4.78, 5) is 38.5. The standard InChI is InChI=1S/C23H27N3O6/c1-12-8-15(32-9-12)21(23(2)10-31-11-23)25-17-16(19(28)20(17)29)24-14-7-5-6-13(18(14)27)22(30)26(3)4/h5-9,16-17,21,24-25,27H,10-11H2,1-4H3. The van der Waals surface area contributed by atoms with Crippen LogP contribution in [-0.4, -0.2) is 66.9 Å². The molecule has 0 spiro atoms. The van der Waals surface area contributed by atoms with Crippen LogP contribution in [0.3, 0.4) is 0 Å². The number of hydrogen-bond donors (Lipinski definition) is 3. The molecule has 1 aromatic heterocycles. The minimum atomic E-state index is -0.888. The number of nitrogens with zero attached hydrogens (tertiary/aromatic N) is 1. The quantitative estimate of drug-likeness (QED) is 0.438. The number of aromatic hydroxyl groups is 1. The van der Waals surface area contributed by atoms with Crippen LogP contribution >= 0.6 is 0 Å². The van der Waals surface area contributed by atoms with Gasteiger partial charge < -0.3 is 24.5 Å². The van der Waals surface area contributed by atoms with E-state index in [-0.39, 0.29) is 34.4 Å². The lowest BCUT2D eigenvalue weighted by Gasteiger charge is -2.47. The maximum absolute atomic E-state index is 12.5. The lowest BCUT2D eigenvalue weighted by molar-refractivity contribution is -0.150. The summed E-state index contributed by atoms with van der Waals surface area (Å²) in [6.07, 6.45) is 1.64. The van der Waals surface area contributed by atoms with Gasteiger partial charge in [-0.3, -0.25) is 19.7 Å². The highest BCUT2D eigenvalue weighted by atomic mass is 16.5. The van der Waals surface area contributed by atoms with Crippen molar-refractivity contribution in [3.8, 4) is 5.75 Å².